The van der Waals surface area contributed by atoms with Gasteiger partial charge in [0.1, 0.15) is 11.6 Å². The first kappa shape index (κ1) is 21.3. The van der Waals surface area contributed by atoms with Crippen molar-refractivity contribution in [2.24, 2.45) is 0 Å². The molecule has 2 rings (SSSR count). The van der Waals surface area contributed by atoms with Gasteiger partial charge in [0, 0.05) is 12.5 Å². The summed E-state index contributed by atoms with van der Waals surface area (Å²) < 4.78 is 5.35. The lowest BCUT2D eigenvalue weighted by Gasteiger charge is -2.26. The van der Waals surface area contributed by atoms with Crippen LogP contribution in [0.4, 0.5) is 4.79 Å². The SMILES string of the molecule is CC(C)(C)OC(=O)N[C@@H](Cc1ccccc1)C(=O)NC1CCCCCCC1. The average molecular weight is 375 g/mol. The maximum absolute atomic E-state index is 12.9. The quantitative estimate of drug-likeness (QED) is 0.805. The Labute approximate surface area is 163 Å². The first-order valence-corrected chi connectivity index (χ1v) is 10.2. The summed E-state index contributed by atoms with van der Waals surface area (Å²) in [5.74, 6) is -0.129. The van der Waals surface area contributed by atoms with E-state index in [0.29, 0.717) is 6.42 Å². The summed E-state index contributed by atoms with van der Waals surface area (Å²) in [4.78, 5) is 25.2. The van der Waals surface area contributed by atoms with Crippen molar-refractivity contribution in [2.75, 3.05) is 0 Å². The molecule has 150 valence electrons. The lowest BCUT2D eigenvalue weighted by atomic mass is 9.96. The Balaban J connectivity index is 2.02. The fourth-order valence-electron chi connectivity index (χ4n) is 3.41. The summed E-state index contributed by atoms with van der Waals surface area (Å²) >= 11 is 0. The molecule has 5 nitrogen and oxygen atoms in total. The van der Waals surface area contributed by atoms with E-state index in [9.17, 15) is 9.59 Å². The molecule has 0 bridgehead atoms. The molecule has 0 unspecified atom stereocenters. The summed E-state index contributed by atoms with van der Waals surface area (Å²) in [5.41, 5.74) is 0.406. The van der Waals surface area contributed by atoms with Gasteiger partial charge in [0.25, 0.3) is 0 Å². The fraction of sp³-hybridized carbons (Fsp3) is 0.636. The molecule has 5 heteroatoms. The molecule has 2 amide bonds. The smallest absolute Gasteiger partial charge is 0.408 e. The molecule has 2 N–H and O–H groups in total. The molecule has 27 heavy (non-hydrogen) atoms. The summed E-state index contributed by atoms with van der Waals surface area (Å²) in [7, 11) is 0. The minimum atomic E-state index is -0.646. The molecule has 1 saturated carbocycles. The lowest BCUT2D eigenvalue weighted by molar-refractivity contribution is -0.124. The van der Waals surface area contributed by atoms with Crippen LogP contribution in [0.2, 0.25) is 0 Å². The van der Waals surface area contributed by atoms with Crippen LogP contribution < -0.4 is 10.6 Å². The van der Waals surface area contributed by atoms with Crippen LogP contribution in [0.1, 0.15) is 71.3 Å². The molecule has 0 saturated heterocycles. The van der Waals surface area contributed by atoms with E-state index in [2.05, 4.69) is 10.6 Å². The highest BCUT2D eigenvalue weighted by molar-refractivity contribution is 5.86. The van der Waals surface area contributed by atoms with Gasteiger partial charge in [-0.15, -0.1) is 0 Å². The molecule has 1 fully saturated rings. The minimum absolute atomic E-state index is 0.129. The monoisotopic (exact) mass is 374 g/mol. The van der Waals surface area contributed by atoms with Gasteiger partial charge in [-0.3, -0.25) is 4.79 Å². The van der Waals surface area contributed by atoms with Crippen LogP contribution >= 0.6 is 0 Å². The summed E-state index contributed by atoms with van der Waals surface area (Å²) in [5, 5.41) is 5.93. The third-order valence-corrected chi connectivity index (χ3v) is 4.74. The number of carbonyl (C=O) groups excluding carboxylic acids is 2. The second-order valence-electron chi connectivity index (χ2n) is 8.44. The van der Waals surface area contributed by atoms with E-state index in [-0.39, 0.29) is 11.9 Å². The van der Waals surface area contributed by atoms with Gasteiger partial charge >= 0.3 is 6.09 Å². The van der Waals surface area contributed by atoms with Crippen LogP contribution in [0.5, 0.6) is 0 Å². The Hall–Kier alpha value is -2.04. The summed E-state index contributed by atoms with van der Waals surface area (Å²) in [6.07, 6.45) is 7.95. The minimum Gasteiger partial charge on any atom is -0.444 e. The number of nitrogens with one attached hydrogen (secondary N) is 2. The third-order valence-electron chi connectivity index (χ3n) is 4.74. The molecule has 0 aliphatic heterocycles. The normalized spacial score (nSPS) is 17.3. The lowest BCUT2D eigenvalue weighted by Crippen LogP contribution is -2.51. The van der Waals surface area contributed by atoms with Crippen molar-refractivity contribution < 1.29 is 14.3 Å². The van der Waals surface area contributed by atoms with E-state index in [1.165, 1.54) is 19.3 Å². The van der Waals surface area contributed by atoms with Crippen LogP contribution in [-0.2, 0) is 16.0 Å². The number of benzene rings is 1. The van der Waals surface area contributed by atoms with Gasteiger partial charge in [-0.05, 0) is 39.2 Å². The predicted octanol–water partition coefficient (Wildman–Crippen LogP) is 4.35. The predicted molar refractivity (Wildman–Crippen MR) is 108 cm³/mol. The molecular weight excluding hydrogens is 340 g/mol. The van der Waals surface area contributed by atoms with Crippen LogP contribution in [0.3, 0.4) is 0 Å². The molecule has 0 radical (unpaired) electrons. The molecule has 0 spiro atoms. The van der Waals surface area contributed by atoms with Crippen LogP contribution in [0.15, 0.2) is 30.3 Å². The maximum Gasteiger partial charge on any atom is 0.408 e. The largest absolute Gasteiger partial charge is 0.444 e. The fourth-order valence-corrected chi connectivity index (χ4v) is 3.41. The van der Waals surface area contributed by atoms with Crippen molar-refractivity contribution in [3.63, 3.8) is 0 Å². The van der Waals surface area contributed by atoms with Gasteiger partial charge in [-0.25, -0.2) is 4.79 Å². The zero-order valence-electron chi connectivity index (χ0n) is 16.9. The second-order valence-corrected chi connectivity index (χ2v) is 8.44. The van der Waals surface area contributed by atoms with Crippen molar-refractivity contribution in [2.45, 2.75) is 89.8 Å². The number of ether oxygens (including phenoxy) is 1. The third kappa shape index (κ3) is 8.46. The van der Waals surface area contributed by atoms with Gasteiger partial charge < -0.3 is 15.4 Å². The molecule has 1 aliphatic rings. The highest BCUT2D eigenvalue weighted by Crippen LogP contribution is 2.17. The summed E-state index contributed by atoms with van der Waals surface area (Å²) in [6, 6.07) is 9.29. The van der Waals surface area contributed by atoms with Crippen LogP contribution in [0, 0.1) is 0 Å². The van der Waals surface area contributed by atoms with Crippen molar-refractivity contribution in [1.82, 2.24) is 10.6 Å². The number of hydrogen-bond acceptors (Lipinski definition) is 3. The van der Waals surface area contributed by atoms with Crippen LogP contribution in [0.25, 0.3) is 0 Å². The van der Waals surface area contributed by atoms with E-state index < -0.39 is 17.7 Å². The first-order chi connectivity index (χ1) is 12.8. The molecule has 1 atom stereocenters. The Bertz CT molecular complexity index is 587. The van der Waals surface area contributed by atoms with Gasteiger partial charge in [0.15, 0.2) is 0 Å². The number of amides is 2. The van der Waals surface area contributed by atoms with E-state index in [0.717, 1.165) is 31.2 Å². The van der Waals surface area contributed by atoms with Crippen molar-refractivity contribution >= 4 is 12.0 Å². The molecule has 0 aromatic heterocycles. The van der Waals surface area contributed by atoms with Gasteiger partial charge in [-0.1, -0.05) is 62.4 Å². The van der Waals surface area contributed by atoms with Gasteiger partial charge in [0.05, 0.1) is 0 Å². The molecule has 1 aromatic carbocycles. The Morgan fingerprint density at radius 1 is 1.04 bits per heavy atom. The Kier molecular flexibility index (Phi) is 8.14. The first-order valence-electron chi connectivity index (χ1n) is 10.2. The highest BCUT2D eigenvalue weighted by atomic mass is 16.6. The van der Waals surface area contributed by atoms with E-state index in [1.807, 2.05) is 51.1 Å². The standard InChI is InChI=1S/C22H34N2O3/c1-22(2,3)27-21(26)24-19(16-17-12-8-7-9-13-17)20(25)23-18-14-10-5-4-6-11-15-18/h7-9,12-13,18-19H,4-6,10-11,14-16H2,1-3H3,(H,23,25)(H,24,26)/t19-/m0/s1. The maximum atomic E-state index is 12.9. The Morgan fingerprint density at radius 2 is 1.63 bits per heavy atom. The number of rotatable bonds is 5. The van der Waals surface area contributed by atoms with Gasteiger partial charge in [0.2, 0.25) is 5.91 Å². The van der Waals surface area contributed by atoms with E-state index in [1.54, 1.807) is 0 Å². The Morgan fingerprint density at radius 3 is 2.22 bits per heavy atom. The number of hydrogen-bond donors (Lipinski definition) is 2. The average Bonchev–Trinajstić information content (AvgIpc) is 2.55. The summed E-state index contributed by atoms with van der Waals surface area (Å²) in [6.45, 7) is 5.44. The number of carbonyl (C=O) groups is 2. The van der Waals surface area contributed by atoms with E-state index in [4.69, 9.17) is 4.74 Å². The molecule has 1 aromatic rings. The molecule has 1 aliphatic carbocycles. The van der Waals surface area contributed by atoms with Crippen molar-refractivity contribution in [3.8, 4) is 0 Å². The zero-order valence-corrected chi connectivity index (χ0v) is 16.9. The van der Waals surface area contributed by atoms with Crippen molar-refractivity contribution in [1.29, 1.82) is 0 Å². The second kappa shape index (κ2) is 10.3. The zero-order chi connectivity index (χ0) is 19.7. The van der Waals surface area contributed by atoms with Crippen molar-refractivity contribution in [3.05, 3.63) is 35.9 Å². The van der Waals surface area contributed by atoms with Gasteiger partial charge in [-0.2, -0.15) is 0 Å². The molecular formula is C22H34N2O3. The number of alkyl carbamates (subject to hydrolysis) is 1. The topological polar surface area (TPSA) is 67.4 Å². The van der Waals surface area contributed by atoms with E-state index >= 15 is 0 Å². The van der Waals surface area contributed by atoms with Crippen LogP contribution in [-0.4, -0.2) is 29.7 Å². The highest BCUT2D eigenvalue weighted by Gasteiger charge is 2.26. The molecule has 0 heterocycles.